The summed E-state index contributed by atoms with van der Waals surface area (Å²) in [5, 5.41) is 9.23. The van der Waals surface area contributed by atoms with Gasteiger partial charge < -0.3 is 15.5 Å². The van der Waals surface area contributed by atoms with Crippen molar-refractivity contribution in [3.63, 3.8) is 0 Å². The van der Waals surface area contributed by atoms with Gasteiger partial charge in [-0.15, -0.1) is 0 Å². The predicted octanol–water partition coefficient (Wildman–Crippen LogP) is 5.29. The van der Waals surface area contributed by atoms with Crippen molar-refractivity contribution in [2.24, 2.45) is 0 Å². The number of aryl methyl sites for hydroxylation is 1. The lowest BCUT2D eigenvalue weighted by molar-refractivity contribution is 0.352. The van der Waals surface area contributed by atoms with Crippen LogP contribution in [0.3, 0.4) is 0 Å². The van der Waals surface area contributed by atoms with E-state index < -0.39 is 0 Å². The van der Waals surface area contributed by atoms with Gasteiger partial charge in [0.1, 0.15) is 5.82 Å². The molecule has 1 aliphatic carbocycles. The van der Waals surface area contributed by atoms with Crippen LogP contribution in [0.2, 0.25) is 5.02 Å². The van der Waals surface area contributed by atoms with Crippen LogP contribution in [0.15, 0.2) is 48.5 Å². The topological polar surface area (TPSA) is 53.1 Å². The van der Waals surface area contributed by atoms with Gasteiger partial charge in [0.25, 0.3) is 0 Å². The lowest BCUT2D eigenvalue weighted by Gasteiger charge is -2.30. The molecule has 3 aromatic rings. The maximum Gasteiger partial charge on any atom is 0.225 e. The lowest BCUT2D eigenvalue weighted by atomic mass is 9.91. The third-order valence-corrected chi connectivity index (χ3v) is 6.31. The highest BCUT2D eigenvalue weighted by Gasteiger charge is 2.21. The molecule has 1 aromatic heterocycles. The molecule has 164 valence electrons. The first-order chi connectivity index (χ1) is 15.1. The van der Waals surface area contributed by atoms with Gasteiger partial charge in [0.15, 0.2) is 0 Å². The minimum absolute atomic E-state index is 0.434. The van der Waals surface area contributed by atoms with Gasteiger partial charge in [0.2, 0.25) is 5.95 Å². The predicted molar refractivity (Wildman–Crippen MR) is 131 cm³/mol. The van der Waals surface area contributed by atoms with Crippen molar-refractivity contribution < 1.29 is 0 Å². The van der Waals surface area contributed by atoms with E-state index in [1.807, 2.05) is 38.4 Å². The van der Waals surface area contributed by atoms with Gasteiger partial charge in [0, 0.05) is 36.6 Å². The molecule has 0 radical (unpaired) electrons. The highest BCUT2D eigenvalue weighted by atomic mass is 35.5. The Bertz CT molecular complexity index is 981. The van der Waals surface area contributed by atoms with Crippen LogP contribution in [-0.2, 0) is 6.42 Å². The minimum atomic E-state index is 0.434. The van der Waals surface area contributed by atoms with Crippen molar-refractivity contribution in [3.05, 3.63) is 59.1 Å². The molecular formula is C25H32ClN5. The highest BCUT2D eigenvalue weighted by molar-refractivity contribution is 6.30. The number of rotatable bonds is 8. The minimum Gasteiger partial charge on any atom is -0.362 e. The van der Waals surface area contributed by atoms with E-state index in [1.54, 1.807) is 0 Å². The third-order valence-electron chi connectivity index (χ3n) is 6.06. The summed E-state index contributed by atoms with van der Waals surface area (Å²) in [4.78, 5) is 11.6. The molecule has 0 spiro atoms. The largest absolute Gasteiger partial charge is 0.362 e. The van der Waals surface area contributed by atoms with E-state index in [9.17, 15) is 0 Å². The second kappa shape index (κ2) is 10.3. The van der Waals surface area contributed by atoms with Gasteiger partial charge in [-0.25, -0.2) is 4.98 Å². The van der Waals surface area contributed by atoms with E-state index in [-0.39, 0.29) is 0 Å². The fraction of sp³-hybridized carbons (Fsp3) is 0.440. The zero-order valence-electron chi connectivity index (χ0n) is 18.4. The van der Waals surface area contributed by atoms with Crippen LogP contribution in [0, 0.1) is 0 Å². The summed E-state index contributed by atoms with van der Waals surface area (Å²) in [6.07, 6.45) is 6.90. The van der Waals surface area contributed by atoms with Crippen LogP contribution in [0.1, 0.15) is 37.7 Å². The van der Waals surface area contributed by atoms with Crippen molar-refractivity contribution in [2.75, 3.05) is 30.9 Å². The molecule has 1 saturated carbocycles. The SMILES string of the molecule is CN(C)c1nc(N[C@H]2CC[C@@H](NCCCc3ccc(Cl)cc3)CC2)nc2ccccc12. The number of nitrogens with zero attached hydrogens (tertiary/aromatic N) is 3. The second-order valence-corrected chi connectivity index (χ2v) is 9.10. The fourth-order valence-corrected chi connectivity index (χ4v) is 4.47. The summed E-state index contributed by atoms with van der Waals surface area (Å²) in [6.45, 7) is 1.06. The van der Waals surface area contributed by atoms with E-state index in [4.69, 9.17) is 21.6 Å². The number of aromatic nitrogens is 2. The first kappa shape index (κ1) is 21.8. The number of halogens is 1. The van der Waals surface area contributed by atoms with Crippen LogP contribution < -0.4 is 15.5 Å². The van der Waals surface area contributed by atoms with E-state index in [0.29, 0.717) is 12.1 Å². The molecule has 31 heavy (non-hydrogen) atoms. The summed E-state index contributed by atoms with van der Waals surface area (Å²) in [5.74, 6) is 1.70. The Morgan fingerprint density at radius 3 is 2.39 bits per heavy atom. The fourth-order valence-electron chi connectivity index (χ4n) is 4.34. The van der Waals surface area contributed by atoms with Crippen LogP contribution >= 0.6 is 11.6 Å². The molecule has 4 rings (SSSR count). The molecule has 1 heterocycles. The normalized spacial score (nSPS) is 18.8. The Morgan fingerprint density at radius 1 is 0.935 bits per heavy atom. The summed E-state index contributed by atoms with van der Waals surface area (Å²) in [7, 11) is 4.06. The van der Waals surface area contributed by atoms with Gasteiger partial charge in [-0.2, -0.15) is 4.98 Å². The Kier molecular flexibility index (Phi) is 7.25. The monoisotopic (exact) mass is 437 g/mol. The average molecular weight is 438 g/mol. The molecule has 2 N–H and O–H groups in total. The molecule has 1 aliphatic rings. The van der Waals surface area contributed by atoms with Crippen LogP contribution in [0.4, 0.5) is 11.8 Å². The van der Waals surface area contributed by atoms with E-state index in [1.165, 1.54) is 18.4 Å². The van der Waals surface area contributed by atoms with Gasteiger partial charge >= 0.3 is 0 Å². The third kappa shape index (κ3) is 5.86. The Morgan fingerprint density at radius 2 is 1.65 bits per heavy atom. The van der Waals surface area contributed by atoms with Crippen molar-refractivity contribution in [3.8, 4) is 0 Å². The zero-order chi connectivity index (χ0) is 21.6. The highest BCUT2D eigenvalue weighted by Crippen LogP contribution is 2.26. The number of nitrogens with one attached hydrogen (secondary N) is 2. The zero-order valence-corrected chi connectivity index (χ0v) is 19.2. The molecule has 0 unspecified atom stereocenters. The Balaban J connectivity index is 1.24. The maximum absolute atomic E-state index is 5.96. The van der Waals surface area contributed by atoms with Gasteiger partial charge in [-0.3, -0.25) is 0 Å². The molecule has 2 aromatic carbocycles. The van der Waals surface area contributed by atoms with Crippen LogP contribution in [0.25, 0.3) is 10.9 Å². The molecular weight excluding hydrogens is 406 g/mol. The quantitative estimate of drug-likeness (QED) is 0.468. The average Bonchev–Trinajstić information content (AvgIpc) is 2.78. The molecule has 0 atom stereocenters. The van der Waals surface area contributed by atoms with Crippen LogP contribution in [-0.4, -0.2) is 42.7 Å². The molecule has 0 bridgehead atoms. The summed E-state index contributed by atoms with van der Waals surface area (Å²) in [5.41, 5.74) is 2.34. The number of anilines is 2. The first-order valence-corrected chi connectivity index (χ1v) is 11.6. The van der Waals surface area contributed by atoms with Gasteiger partial charge in [-0.1, -0.05) is 35.9 Å². The van der Waals surface area contributed by atoms with Crippen molar-refractivity contribution in [2.45, 2.75) is 50.6 Å². The Hall–Kier alpha value is -2.37. The van der Waals surface area contributed by atoms with Gasteiger partial charge in [0.05, 0.1) is 5.52 Å². The smallest absolute Gasteiger partial charge is 0.225 e. The Labute approximate surface area is 190 Å². The van der Waals surface area contributed by atoms with Crippen molar-refractivity contribution in [1.29, 1.82) is 0 Å². The second-order valence-electron chi connectivity index (χ2n) is 8.66. The van der Waals surface area contributed by atoms with Crippen molar-refractivity contribution in [1.82, 2.24) is 15.3 Å². The van der Waals surface area contributed by atoms with Gasteiger partial charge in [-0.05, 0) is 74.9 Å². The molecule has 0 amide bonds. The lowest BCUT2D eigenvalue weighted by Crippen LogP contribution is -2.37. The van der Waals surface area contributed by atoms with E-state index >= 15 is 0 Å². The molecule has 0 aliphatic heterocycles. The van der Waals surface area contributed by atoms with Crippen molar-refractivity contribution >= 4 is 34.3 Å². The number of fused-ring (bicyclic) bond motifs is 1. The first-order valence-electron chi connectivity index (χ1n) is 11.3. The molecule has 6 heteroatoms. The van der Waals surface area contributed by atoms with Crippen LogP contribution in [0.5, 0.6) is 0 Å². The summed E-state index contributed by atoms with van der Waals surface area (Å²) < 4.78 is 0. The summed E-state index contributed by atoms with van der Waals surface area (Å²) in [6, 6.07) is 17.4. The molecule has 5 nitrogen and oxygen atoms in total. The van der Waals surface area contributed by atoms with E-state index in [0.717, 1.165) is 59.9 Å². The standard InChI is InChI=1S/C25H32ClN5/c1-31(2)24-22-7-3-4-8-23(22)29-25(30-24)28-21-15-13-20(14-16-21)27-17-5-6-18-9-11-19(26)12-10-18/h3-4,7-12,20-21,27H,5-6,13-17H2,1-2H3,(H,28,29,30)/t20-,21+. The number of hydrogen-bond donors (Lipinski definition) is 2. The number of hydrogen-bond acceptors (Lipinski definition) is 5. The molecule has 0 saturated heterocycles. The molecule has 1 fully saturated rings. The number of para-hydroxylation sites is 1. The maximum atomic E-state index is 5.96. The summed E-state index contributed by atoms with van der Waals surface area (Å²) >= 11 is 5.96. The van der Waals surface area contributed by atoms with E-state index in [2.05, 4.69) is 39.8 Å². The number of benzene rings is 2.